The number of imidazole rings is 1. The van der Waals surface area contributed by atoms with Crippen LogP contribution in [0.1, 0.15) is 35.1 Å². The van der Waals surface area contributed by atoms with E-state index < -0.39 is 0 Å². The lowest BCUT2D eigenvalue weighted by atomic mass is 10.2. The largest absolute Gasteiger partial charge is 0.329 e. The SMILES string of the molecule is Cn1c([C@H]2CCCN2C(=O)c2cnc(-c3cccnc3)nc2)nc2ccccc21. The molecule has 1 saturated heterocycles. The van der Waals surface area contributed by atoms with Gasteiger partial charge < -0.3 is 9.47 Å². The fraction of sp³-hybridized carbons (Fsp3) is 0.227. The van der Waals surface area contributed by atoms with E-state index in [2.05, 4.69) is 25.6 Å². The van der Waals surface area contributed by atoms with E-state index in [4.69, 9.17) is 4.98 Å². The third kappa shape index (κ3) is 3.04. The number of hydrogen-bond acceptors (Lipinski definition) is 5. The molecule has 4 heterocycles. The minimum atomic E-state index is -0.0581. The lowest BCUT2D eigenvalue weighted by Gasteiger charge is -2.24. The highest BCUT2D eigenvalue weighted by atomic mass is 16.2. The fourth-order valence-electron chi connectivity index (χ4n) is 3.99. The van der Waals surface area contributed by atoms with Crippen molar-refractivity contribution in [1.29, 1.82) is 0 Å². The molecule has 144 valence electrons. The van der Waals surface area contributed by atoms with Gasteiger partial charge in [-0.1, -0.05) is 12.1 Å². The summed E-state index contributed by atoms with van der Waals surface area (Å²) in [7, 11) is 2.01. The molecule has 0 saturated carbocycles. The van der Waals surface area contributed by atoms with Crippen molar-refractivity contribution in [1.82, 2.24) is 29.4 Å². The van der Waals surface area contributed by atoms with Crippen LogP contribution in [0.4, 0.5) is 0 Å². The van der Waals surface area contributed by atoms with E-state index in [-0.39, 0.29) is 11.9 Å². The van der Waals surface area contributed by atoms with Gasteiger partial charge in [0.15, 0.2) is 5.82 Å². The molecule has 1 fully saturated rings. The van der Waals surface area contributed by atoms with Gasteiger partial charge in [0, 0.05) is 43.9 Å². The molecule has 1 aliphatic rings. The maximum atomic E-state index is 13.2. The van der Waals surface area contributed by atoms with Gasteiger partial charge in [-0.15, -0.1) is 0 Å². The number of carbonyl (C=O) groups excluding carboxylic acids is 1. The van der Waals surface area contributed by atoms with Crippen molar-refractivity contribution in [3.05, 3.63) is 72.6 Å². The Morgan fingerprint density at radius 3 is 2.66 bits per heavy atom. The van der Waals surface area contributed by atoms with Gasteiger partial charge >= 0.3 is 0 Å². The average Bonchev–Trinajstić information content (AvgIpc) is 3.39. The van der Waals surface area contributed by atoms with Crippen molar-refractivity contribution in [3.63, 3.8) is 0 Å². The highest BCUT2D eigenvalue weighted by molar-refractivity contribution is 5.94. The number of para-hydroxylation sites is 2. The van der Waals surface area contributed by atoms with Crippen LogP contribution in [0.25, 0.3) is 22.4 Å². The van der Waals surface area contributed by atoms with Crippen molar-refractivity contribution in [2.45, 2.75) is 18.9 Å². The molecule has 3 aromatic heterocycles. The smallest absolute Gasteiger partial charge is 0.257 e. The number of pyridine rings is 1. The lowest BCUT2D eigenvalue weighted by Crippen LogP contribution is -2.32. The molecule has 1 aliphatic heterocycles. The van der Waals surface area contributed by atoms with Crippen molar-refractivity contribution in [3.8, 4) is 11.4 Å². The van der Waals surface area contributed by atoms with Crippen LogP contribution in [0.3, 0.4) is 0 Å². The van der Waals surface area contributed by atoms with Crippen molar-refractivity contribution in [2.75, 3.05) is 6.54 Å². The molecule has 0 unspecified atom stereocenters. The Bertz CT molecular complexity index is 1170. The van der Waals surface area contributed by atoms with Crippen LogP contribution in [0.5, 0.6) is 0 Å². The average molecular weight is 384 g/mol. The number of amides is 1. The van der Waals surface area contributed by atoms with Gasteiger partial charge in [0.25, 0.3) is 5.91 Å². The molecule has 7 heteroatoms. The Kier molecular flexibility index (Phi) is 4.27. The summed E-state index contributed by atoms with van der Waals surface area (Å²) in [6, 6.07) is 11.7. The number of likely N-dealkylation sites (tertiary alicyclic amines) is 1. The van der Waals surface area contributed by atoms with E-state index >= 15 is 0 Å². The molecule has 29 heavy (non-hydrogen) atoms. The summed E-state index contributed by atoms with van der Waals surface area (Å²) in [5.41, 5.74) is 3.34. The van der Waals surface area contributed by atoms with E-state index in [1.54, 1.807) is 24.8 Å². The summed E-state index contributed by atoms with van der Waals surface area (Å²) >= 11 is 0. The minimum absolute atomic E-state index is 0.0436. The molecule has 0 spiro atoms. The van der Waals surface area contributed by atoms with Gasteiger partial charge in [-0.05, 0) is 37.1 Å². The van der Waals surface area contributed by atoms with E-state index in [0.717, 1.165) is 35.3 Å². The molecule has 0 radical (unpaired) electrons. The van der Waals surface area contributed by atoms with Gasteiger partial charge in [-0.3, -0.25) is 9.78 Å². The van der Waals surface area contributed by atoms with Crippen LogP contribution in [0.15, 0.2) is 61.2 Å². The summed E-state index contributed by atoms with van der Waals surface area (Å²) in [4.78, 5) is 32.7. The molecule has 0 aliphatic carbocycles. The van der Waals surface area contributed by atoms with E-state index in [1.807, 2.05) is 42.3 Å². The molecule has 5 rings (SSSR count). The summed E-state index contributed by atoms with van der Waals surface area (Å²) in [6.45, 7) is 0.705. The number of carbonyl (C=O) groups is 1. The first-order valence-corrected chi connectivity index (χ1v) is 9.67. The Labute approximate surface area is 168 Å². The topological polar surface area (TPSA) is 76.8 Å². The predicted octanol–water partition coefficient (Wildman–Crippen LogP) is 3.40. The van der Waals surface area contributed by atoms with Gasteiger partial charge in [-0.25, -0.2) is 15.0 Å². The summed E-state index contributed by atoms with van der Waals surface area (Å²) < 4.78 is 2.09. The minimum Gasteiger partial charge on any atom is -0.329 e. The van der Waals surface area contributed by atoms with Crippen LogP contribution >= 0.6 is 0 Å². The predicted molar refractivity (Wildman–Crippen MR) is 109 cm³/mol. The lowest BCUT2D eigenvalue weighted by molar-refractivity contribution is 0.0727. The van der Waals surface area contributed by atoms with Crippen molar-refractivity contribution < 1.29 is 4.79 Å². The quantitative estimate of drug-likeness (QED) is 0.541. The molecule has 1 amide bonds. The number of aryl methyl sites for hydroxylation is 1. The number of benzene rings is 1. The number of aromatic nitrogens is 5. The summed E-state index contributed by atoms with van der Waals surface area (Å²) in [5.74, 6) is 1.42. The highest BCUT2D eigenvalue weighted by Crippen LogP contribution is 2.34. The van der Waals surface area contributed by atoms with E-state index in [1.165, 1.54) is 0 Å². The Balaban J connectivity index is 1.43. The van der Waals surface area contributed by atoms with E-state index in [0.29, 0.717) is 17.9 Å². The van der Waals surface area contributed by atoms with Crippen LogP contribution in [-0.2, 0) is 7.05 Å². The Morgan fingerprint density at radius 2 is 1.90 bits per heavy atom. The zero-order valence-electron chi connectivity index (χ0n) is 16.1. The second-order valence-corrected chi connectivity index (χ2v) is 7.21. The standard InChI is InChI=1S/C22H20N6O/c1-27-18-8-3-2-7-17(18)26-21(27)19-9-5-11-28(19)22(29)16-13-24-20(25-14-16)15-6-4-10-23-12-15/h2-4,6-8,10,12-14,19H,5,9,11H2,1H3/t19-/m1/s1. The molecule has 1 atom stereocenters. The maximum Gasteiger partial charge on any atom is 0.257 e. The van der Waals surface area contributed by atoms with E-state index in [9.17, 15) is 4.79 Å². The third-order valence-corrected chi connectivity index (χ3v) is 5.45. The first-order valence-electron chi connectivity index (χ1n) is 9.67. The van der Waals surface area contributed by atoms with Gasteiger partial charge in [-0.2, -0.15) is 0 Å². The number of rotatable bonds is 3. The van der Waals surface area contributed by atoms with Crippen LogP contribution in [-0.4, -0.2) is 41.9 Å². The van der Waals surface area contributed by atoms with Crippen molar-refractivity contribution in [2.24, 2.45) is 7.05 Å². The normalized spacial score (nSPS) is 16.4. The molecular weight excluding hydrogens is 364 g/mol. The highest BCUT2D eigenvalue weighted by Gasteiger charge is 2.34. The van der Waals surface area contributed by atoms with Crippen LogP contribution < -0.4 is 0 Å². The number of hydrogen-bond donors (Lipinski definition) is 0. The molecule has 4 aromatic rings. The van der Waals surface area contributed by atoms with Crippen LogP contribution in [0, 0.1) is 0 Å². The maximum absolute atomic E-state index is 13.2. The molecular formula is C22H20N6O. The van der Waals surface area contributed by atoms with Gasteiger partial charge in [0.2, 0.25) is 0 Å². The Morgan fingerprint density at radius 1 is 1.07 bits per heavy atom. The zero-order valence-corrected chi connectivity index (χ0v) is 16.1. The first kappa shape index (κ1) is 17.5. The summed E-state index contributed by atoms with van der Waals surface area (Å²) in [5, 5.41) is 0. The van der Waals surface area contributed by atoms with Crippen LogP contribution in [0.2, 0.25) is 0 Å². The Hall–Kier alpha value is -3.61. The van der Waals surface area contributed by atoms with Gasteiger partial charge in [0.1, 0.15) is 5.82 Å². The monoisotopic (exact) mass is 384 g/mol. The molecule has 1 aromatic carbocycles. The summed E-state index contributed by atoms with van der Waals surface area (Å²) in [6.07, 6.45) is 8.46. The molecule has 7 nitrogen and oxygen atoms in total. The number of nitrogens with zero attached hydrogens (tertiary/aromatic N) is 6. The zero-order chi connectivity index (χ0) is 19.8. The number of fused-ring (bicyclic) bond motifs is 1. The molecule has 0 bridgehead atoms. The van der Waals surface area contributed by atoms with Crippen molar-refractivity contribution >= 4 is 16.9 Å². The second kappa shape index (κ2) is 7.09. The van der Waals surface area contributed by atoms with Gasteiger partial charge in [0.05, 0.1) is 22.6 Å². The third-order valence-electron chi connectivity index (χ3n) is 5.45. The first-order chi connectivity index (χ1) is 14.2. The fourth-order valence-corrected chi connectivity index (χ4v) is 3.99. The molecule has 0 N–H and O–H groups in total. The second-order valence-electron chi connectivity index (χ2n) is 7.21.